The second-order valence-electron chi connectivity index (χ2n) is 3.50. The Morgan fingerprint density at radius 2 is 2.00 bits per heavy atom. The summed E-state index contributed by atoms with van der Waals surface area (Å²) in [5.74, 6) is 0. The maximum atomic E-state index is 9.14. The Labute approximate surface area is 93.5 Å². The SMILES string of the molecule is C[C@H](O)CN[C@@H](C)c1ccccc1Br. The first-order valence-electron chi connectivity index (χ1n) is 4.77. The van der Waals surface area contributed by atoms with Crippen LogP contribution in [0.1, 0.15) is 25.5 Å². The van der Waals surface area contributed by atoms with Gasteiger partial charge in [-0.05, 0) is 25.5 Å². The molecule has 1 rings (SSSR count). The molecule has 0 spiro atoms. The summed E-state index contributed by atoms with van der Waals surface area (Å²) in [6.07, 6.45) is -0.306. The van der Waals surface area contributed by atoms with Gasteiger partial charge in [0, 0.05) is 17.1 Å². The summed E-state index contributed by atoms with van der Waals surface area (Å²) < 4.78 is 1.10. The molecule has 0 saturated carbocycles. The summed E-state index contributed by atoms with van der Waals surface area (Å²) in [5, 5.41) is 12.4. The van der Waals surface area contributed by atoms with Gasteiger partial charge in [0.25, 0.3) is 0 Å². The van der Waals surface area contributed by atoms with E-state index in [1.54, 1.807) is 6.92 Å². The van der Waals surface area contributed by atoms with Crippen LogP contribution in [-0.4, -0.2) is 17.8 Å². The van der Waals surface area contributed by atoms with Crippen LogP contribution in [0.4, 0.5) is 0 Å². The molecule has 0 aliphatic carbocycles. The van der Waals surface area contributed by atoms with Gasteiger partial charge in [0.05, 0.1) is 6.10 Å². The first-order chi connectivity index (χ1) is 6.61. The van der Waals surface area contributed by atoms with Gasteiger partial charge in [-0.1, -0.05) is 34.1 Å². The Hall–Kier alpha value is -0.380. The Morgan fingerprint density at radius 1 is 1.36 bits per heavy atom. The summed E-state index contributed by atoms with van der Waals surface area (Å²) in [5.41, 5.74) is 1.22. The monoisotopic (exact) mass is 257 g/mol. The average Bonchev–Trinajstić information content (AvgIpc) is 2.15. The molecule has 0 amide bonds. The maximum Gasteiger partial charge on any atom is 0.0636 e. The Morgan fingerprint density at radius 3 is 2.57 bits per heavy atom. The number of aliphatic hydroxyl groups is 1. The number of benzene rings is 1. The summed E-state index contributed by atoms with van der Waals surface area (Å²) in [4.78, 5) is 0. The molecule has 2 nitrogen and oxygen atoms in total. The van der Waals surface area contributed by atoms with E-state index in [2.05, 4.69) is 34.2 Å². The summed E-state index contributed by atoms with van der Waals surface area (Å²) >= 11 is 3.50. The molecule has 0 bridgehead atoms. The lowest BCUT2D eigenvalue weighted by molar-refractivity contribution is 0.187. The molecule has 0 fully saturated rings. The van der Waals surface area contributed by atoms with Gasteiger partial charge >= 0.3 is 0 Å². The van der Waals surface area contributed by atoms with Crippen molar-refractivity contribution in [3.63, 3.8) is 0 Å². The number of halogens is 1. The summed E-state index contributed by atoms with van der Waals surface area (Å²) in [7, 11) is 0. The smallest absolute Gasteiger partial charge is 0.0636 e. The van der Waals surface area contributed by atoms with E-state index in [0.717, 1.165) is 4.47 Å². The van der Waals surface area contributed by atoms with Gasteiger partial charge < -0.3 is 10.4 Å². The number of hydrogen-bond donors (Lipinski definition) is 2. The van der Waals surface area contributed by atoms with E-state index in [4.69, 9.17) is 5.11 Å². The first-order valence-corrected chi connectivity index (χ1v) is 5.56. The van der Waals surface area contributed by atoms with E-state index in [0.29, 0.717) is 6.54 Å². The number of aliphatic hydroxyl groups excluding tert-OH is 1. The van der Waals surface area contributed by atoms with Crippen molar-refractivity contribution in [1.29, 1.82) is 0 Å². The summed E-state index contributed by atoms with van der Waals surface area (Å²) in [6, 6.07) is 8.36. The normalized spacial score (nSPS) is 15.1. The van der Waals surface area contributed by atoms with Gasteiger partial charge in [-0.2, -0.15) is 0 Å². The standard InChI is InChI=1S/C11H16BrNO/c1-8(14)7-13-9(2)10-5-3-4-6-11(10)12/h3-6,8-9,13-14H,7H2,1-2H3/t8-,9-/m0/s1. The average molecular weight is 258 g/mol. The minimum atomic E-state index is -0.306. The largest absolute Gasteiger partial charge is 0.392 e. The Kier molecular flexibility index (Phi) is 4.58. The molecule has 78 valence electrons. The second-order valence-corrected chi connectivity index (χ2v) is 4.35. The van der Waals surface area contributed by atoms with Crippen molar-refractivity contribution in [2.75, 3.05) is 6.54 Å². The third kappa shape index (κ3) is 3.40. The van der Waals surface area contributed by atoms with Crippen molar-refractivity contribution >= 4 is 15.9 Å². The minimum absolute atomic E-state index is 0.250. The number of hydrogen-bond acceptors (Lipinski definition) is 2. The first kappa shape index (κ1) is 11.7. The van der Waals surface area contributed by atoms with E-state index < -0.39 is 0 Å². The van der Waals surface area contributed by atoms with Crippen LogP contribution in [0.15, 0.2) is 28.7 Å². The van der Waals surface area contributed by atoms with Crippen LogP contribution in [0.5, 0.6) is 0 Å². The van der Waals surface area contributed by atoms with Crippen molar-refractivity contribution < 1.29 is 5.11 Å². The van der Waals surface area contributed by atoms with Crippen LogP contribution in [0.25, 0.3) is 0 Å². The molecule has 3 heteroatoms. The predicted octanol–water partition coefficient (Wildman–Crippen LogP) is 2.48. The Bertz CT molecular complexity index is 288. The highest BCUT2D eigenvalue weighted by atomic mass is 79.9. The van der Waals surface area contributed by atoms with Gasteiger partial charge in [-0.25, -0.2) is 0 Å². The molecule has 1 aromatic rings. The quantitative estimate of drug-likeness (QED) is 0.869. The topological polar surface area (TPSA) is 32.3 Å². The van der Waals surface area contributed by atoms with E-state index >= 15 is 0 Å². The van der Waals surface area contributed by atoms with E-state index in [9.17, 15) is 0 Å². The van der Waals surface area contributed by atoms with Gasteiger partial charge in [0.2, 0.25) is 0 Å². The summed E-state index contributed by atoms with van der Waals surface area (Å²) in [6.45, 7) is 4.48. The fourth-order valence-electron chi connectivity index (χ4n) is 1.28. The fraction of sp³-hybridized carbons (Fsp3) is 0.455. The molecule has 0 aliphatic heterocycles. The maximum absolute atomic E-state index is 9.14. The molecule has 2 N–H and O–H groups in total. The molecule has 0 saturated heterocycles. The lowest BCUT2D eigenvalue weighted by Crippen LogP contribution is -2.27. The van der Waals surface area contributed by atoms with Crippen molar-refractivity contribution in [3.8, 4) is 0 Å². The number of nitrogens with one attached hydrogen (secondary N) is 1. The molecule has 0 unspecified atom stereocenters. The van der Waals surface area contributed by atoms with Crippen LogP contribution >= 0.6 is 15.9 Å². The van der Waals surface area contributed by atoms with E-state index in [-0.39, 0.29) is 12.1 Å². The molecule has 0 heterocycles. The molecule has 0 radical (unpaired) electrons. The van der Waals surface area contributed by atoms with Crippen molar-refractivity contribution in [2.45, 2.75) is 26.0 Å². The van der Waals surface area contributed by atoms with Gasteiger partial charge in [0.15, 0.2) is 0 Å². The molecule has 0 aromatic heterocycles. The Balaban J connectivity index is 2.60. The lowest BCUT2D eigenvalue weighted by atomic mass is 10.1. The highest BCUT2D eigenvalue weighted by Gasteiger charge is 2.08. The van der Waals surface area contributed by atoms with Crippen molar-refractivity contribution in [2.24, 2.45) is 0 Å². The molecule has 14 heavy (non-hydrogen) atoms. The minimum Gasteiger partial charge on any atom is -0.392 e. The van der Waals surface area contributed by atoms with Gasteiger partial charge in [-0.15, -0.1) is 0 Å². The van der Waals surface area contributed by atoms with Crippen LogP contribution in [0.2, 0.25) is 0 Å². The molecular weight excluding hydrogens is 242 g/mol. The lowest BCUT2D eigenvalue weighted by Gasteiger charge is -2.16. The molecular formula is C11H16BrNO. The van der Waals surface area contributed by atoms with Gasteiger partial charge in [0.1, 0.15) is 0 Å². The van der Waals surface area contributed by atoms with Crippen LogP contribution in [0, 0.1) is 0 Å². The predicted molar refractivity (Wildman–Crippen MR) is 62.2 cm³/mol. The third-order valence-corrected chi connectivity index (χ3v) is 2.81. The number of rotatable bonds is 4. The van der Waals surface area contributed by atoms with Crippen LogP contribution in [-0.2, 0) is 0 Å². The van der Waals surface area contributed by atoms with E-state index in [1.807, 2.05) is 18.2 Å². The van der Waals surface area contributed by atoms with Crippen LogP contribution < -0.4 is 5.32 Å². The van der Waals surface area contributed by atoms with Crippen molar-refractivity contribution in [1.82, 2.24) is 5.32 Å². The van der Waals surface area contributed by atoms with Gasteiger partial charge in [-0.3, -0.25) is 0 Å². The molecule has 0 aliphatic rings. The van der Waals surface area contributed by atoms with Crippen molar-refractivity contribution in [3.05, 3.63) is 34.3 Å². The zero-order chi connectivity index (χ0) is 10.6. The molecule has 1 aromatic carbocycles. The fourth-order valence-corrected chi connectivity index (χ4v) is 1.91. The van der Waals surface area contributed by atoms with E-state index in [1.165, 1.54) is 5.56 Å². The highest BCUT2D eigenvalue weighted by molar-refractivity contribution is 9.10. The highest BCUT2D eigenvalue weighted by Crippen LogP contribution is 2.22. The zero-order valence-corrected chi connectivity index (χ0v) is 10.1. The third-order valence-electron chi connectivity index (χ3n) is 2.09. The zero-order valence-electron chi connectivity index (χ0n) is 8.50. The molecule has 2 atom stereocenters. The van der Waals surface area contributed by atoms with Crippen LogP contribution in [0.3, 0.4) is 0 Å². The second kappa shape index (κ2) is 5.49.